The molecule has 0 radical (unpaired) electrons. The lowest BCUT2D eigenvalue weighted by molar-refractivity contribution is 0.714. The Morgan fingerprint density at radius 3 is 3.00 bits per heavy atom. The molecule has 0 saturated carbocycles. The van der Waals surface area contributed by atoms with E-state index in [2.05, 4.69) is 15.4 Å². The van der Waals surface area contributed by atoms with Crippen molar-refractivity contribution in [3.63, 3.8) is 0 Å². The van der Waals surface area contributed by atoms with Crippen LogP contribution in [0.15, 0.2) is 18.5 Å². The molecule has 0 aromatic carbocycles. The highest BCUT2D eigenvalue weighted by Crippen LogP contribution is 2.04. The van der Waals surface area contributed by atoms with E-state index >= 15 is 0 Å². The van der Waals surface area contributed by atoms with Gasteiger partial charge in [0.25, 0.3) is 0 Å². The normalized spacial score (nSPS) is 10.8. The van der Waals surface area contributed by atoms with Crippen molar-refractivity contribution in [1.82, 2.24) is 24.8 Å². The molecule has 5 nitrogen and oxygen atoms in total. The molecular formula is C9H12ClN5. The first kappa shape index (κ1) is 10.2. The van der Waals surface area contributed by atoms with E-state index in [1.54, 1.807) is 9.36 Å². The maximum Gasteiger partial charge on any atom is 0.176 e. The maximum absolute atomic E-state index is 5.61. The van der Waals surface area contributed by atoms with Crippen molar-refractivity contribution in [2.45, 2.75) is 12.8 Å². The van der Waals surface area contributed by atoms with Crippen LogP contribution in [-0.2, 0) is 13.5 Å². The molecule has 2 aromatic rings. The number of aromatic nitrogens is 5. The van der Waals surface area contributed by atoms with Gasteiger partial charge in [-0.05, 0) is 12.8 Å². The molecule has 2 heterocycles. The Morgan fingerprint density at radius 2 is 2.33 bits per heavy atom. The van der Waals surface area contributed by atoms with Gasteiger partial charge in [0.05, 0.1) is 11.9 Å². The third kappa shape index (κ3) is 2.36. The summed E-state index contributed by atoms with van der Waals surface area (Å²) in [5.74, 6) is 1.43. The van der Waals surface area contributed by atoms with Gasteiger partial charge in [-0.1, -0.05) is 5.21 Å². The van der Waals surface area contributed by atoms with E-state index in [0.717, 1.165) is 24.4 Å². The summed E-state index contributed by atoms with van der Waals surface area (Å²) in [7, 11) is 1.87. The standard InChI is InChI=1S/C9H12ClN5/c1-14-6-4-9(12-14)15-7-8(11-13-15)3-2-5-10/h4,6-7H,2-3,5H2,1H3. The molecule has 0 unspecified atom stereocenters. The van der Waals surface area contributed by atoms with Gasteiger partial charge in [0, 0.05) is 25.2 Å². The van der Waals surface area contributed by atoms with Crippen LogP contribution >= 0.6 is 11.6 Å². The van der Waals surface area contributed by atoms with Crippen LogP contribution in [0.4, 0.5) is 0 Å². The van der Waals surface area contributed by atoms with Crippen molar-refractivity contribution in [2.24, 2.45) is 7.05 Å². The lowest BCUT2D eigenvalue weighted by Gasteiger charge is -1.92. The first-order chi connectivity index (χ1) is 7.29. The van der Waals surface area contributed by atoms with Gasteiger partial charge in [0.1, 0.15) is 0 Å². The maximum atomic E-state index is 5.61. The number of halogens is 1. The van der Waals surface area contributed by atoms with Gasteiger partial charge in [-0.15, -0.1) is 16.7 Å². The highest BCUT2D eigenvalue weighted by Gasteiger charge is 2.04. The Kier molecular flexibility index (Phi) is 3.01. The van der Waals surface area contributed by atoms with E-state index in [1.807, 2.05) is 25.5 Å². The summed E-state index contributed by atoms with van der Waals surface area (Å²) in [6, 6.07) is 1.89. The summed E-state index contributed by atoms with van der Waals surface area (Å²) >= 11 is 5.61. The molecule has 2 rings (SSSR count). The van der Waals surface area contributed by atoms with E-state index in [9.17, 15) is 0 Å². The van der Waals surface area contributed by atoms with Crippen LogP contribution in [0.1, 0.15) is 12.1 Å². The zero-order chi connectivity index (χ0) is 10.7. The topological polar surface area (TPSA) is 48.5 Å². The van der Waals surface area contributed by atoms with Crippen LogP contribution in [0.25, 0.3) is 5.82 Å². The summed E-state index contributed by atoms with van der Waals surface area (Å²) < 4.78 is 3.40. The zero-order valence-electron chi connectivity index (χ0n) is 8.47. The molecule has 0 amide bonds. The van der Waals surface area contributed by atoms with E-state index < -0.39 is 0 Å². The van der Waals surface area contributed by atoms with Crippen molar-refractivity contribution in [3.8, 4) is 5.82 Å². The molecular weight excluding hydrogens is 214 g/mol. The summed E-state index contributed by atoms with van der Waals surface area (Å²) in [4.78, 5) is 0. The number of nitrogens with zero attached hydrogens (tertiary/aromatic N) is 5. The van der Waals surface area contributed by atoms with Gasteiger partial charge in [-0.3, -0.25) is 4.68 Å². The van der Waals surface area contributed by atoms with Crippen LogP contribution < -0.4 is 0 Å². The fourth-order valence-corrected chi connectivity index (χ4v) is 1.43. The van der Waals surface area contributed by atoms with Crippen LogP contribution in [0.2, 0.25) is 0 Å². The zero-order valence-corrected chi connectivity index (χ0v) is 9.22. The Bertz CT molecular complexity index is 433. The molecule has 2 aromatic heterocycles. The second-order valence-electron chi connectivity index (χ2n) is 3.29. The average Bonchev–Trinajstić information content (AvgIpc) is 2.83. The van der Waals surface area contributed by atoms with Crippen molar-refractivity contribution < 1.29 is 0 Å². The molecule has 0 spiro atoms. The Morgan fingerprint density at radius 1 is 1.47 bits per heavy atom. The van der Waals surface area contributed by atoms with Crippen LogP contribution in [0, 0.1) is 0 Å². The molecule has 6 heteroatoms. The summed E-state index contributed by atoms with van der Waals surface area (Å²) in [5.41, 5.74) is 0.946. The van der Waals surface area contributed by atoms with Crippen LogP contribution in [0.5, 0.6) is 0 Å². The fourth-order valence-electron chi connectivity index (χ4n) is 1.30. The van der Waals surface area contributed by atoms with Crippen LogP contribution in [-0.4, -0.2) is 30.7 Å². The van der Waals surface area contributed by atoms with E-state index in [0.29, 0.717) is 5.88 Å². The monoisotopic (exact) mass is 225 g/mol. The van der Waals surface area contributed by atoms with Gasteiger partial charge >= 0.3 is 0 Å². The molecule has 0 bridgehead atoms. The quantitative estimate of drug-likeness (QED) is 0.734. The Hall–Kier alpha value is -1.36. The lowest BCUT2D eigenvalue weighted by Crippen LogP contribution is -1.97. The smallest absolute Gasteiger partial charge is 0.176 e. The number of rotatable bonds is 4. The molecule has 0 atom stereocenters. The number of alkyl halides is 1. The minimum Gasteiger partial charge on any atom is -0.274 e. The molecule has 0 N–H and O–H groups in total. The van der Waals surface area contributed by atoms with Crippen molar-refractivity contribution >= 4 is 11.6 Å². The third-order valence-electron chi connectivity index (χ3n) is 2.04. The fraction of sp³-hybridized carbons (Fsp3) is 0.444. The second-order valence-corrected chi connectivity index (χ2v) is 3.67. The third-order valence-corrected chi connectivity index (χ3v) is 2.31. The molecule has 0 aliphatic rings. The first-order valence-corrected chi connectivity index (χ1v) is 5.30. The molecule has 80 valence electrons. The largest absolute Gasteiger partial charge is 0.274 e. The van der Waals surface area contributed by atoms with Gasteiger partial charge in [0.2, 0.25) is 0 Å². The molecule has 0 saturated heterocycles. The molecule has 0 aliphatic carbocycles. The van der Waals surface area contributed by atoms with Gasteiger partial charge in [0.15, 0.2) is 5.82 Å². The lowest BCUT2D eigenvalue weighted by atomic mass is 10.3. The van der Waals surface area contributed by atoms with Gasteiger partial charge in [-0.2, -0.15) is 5.10 Å². The van der Waals surface area contributed by atoms with E-state index in [1.165, 1.54) is 0 Å². The summed E-state index contributed by atoms with van der Waals surface area (Å²) in [5, 5.41) is 12.3. The van der Waals surface area contributed by atoms with Crippen molar-refractivity contribution in [1.29, 1.82) is 0 Å². The first-order valence-electron chi connectivity index (χ1n) is 4.77. The second kappa shape index (κ2) is 4.44. The van der Waals surface area contributed by atoms with Gasteiger partial charge in [-0.25, -0.2) is 4.68 Å². The highest BCUT2D eigenvalue weighted by molar-refractivity contribution is 6.17. The van der Waals surface area contributed by atoms with Crippen molar-refractivity contribution in [3.05, 3.63) is 24.2 Å². The SMILES string of the molecule is Cn1ccc(-n2cc(CCCCl)nn2)n1. The van der Waals surface area contributed by atoms with Gasteiger partial charge < -0.3 is 0 Å². The van der Waals surface area contributed by atoms with E-state index in [-0.39, 0.29) is 0 Å². The number of hydrogen-bond acceptors (Lipinski definition) is 3. The molecule has 0 fully saturated rings. The highest BCUT2D eigenvalue weighted by atomic mass is 35.5. The van der Waals surface area contributed by atoms with Crippen molar-refractivity contribution in [2.75, 3.05) is 5.88 Å². The number of aryl methyl sites for hydroxylation is 2. The summed E-state index contributed by atoms with van der Waals surface area (Å²) in [6.45, 7) is 0. The minimum atomic E-state index is 0.649. The Balaban J connectivity index is 2.13. The molecule has 0 aliphatic heterocycles. The predicted molar refractivity (Wildman–Crippen MR) is 57.2 cm³/mol. The molecule has 15 heavy (non-hydrogen) atoms. The summed E-state index contributed by atoms with van der Waals surface area (Å²) in [6.07, 6.45) is 5.53. The Labute approximate surface area is 92.7 Å². The van der Waals surface area contributed by atoms with E-state index in [4.69, 9.17) is 11.6 Å². The predicted octanol–water partition coefficient (Wildman–Crippen LogP) is 1.17. The average molecular weight is 226 g/mol. The number of hydrogen-bond donors (Lipinski definition) is 0. The van der Waals surface area contributed by atoms with Crippen LogP contribution in [0.3, 0.4) is 0 Å². The minimum absolute atomic E-state index is 0.649.